The summed E-state index contributed by atoms with van der Waals surface area (Å²) in [5.74, 6) is 1.32. The number of aromatic nitrogens is 1. The van der Waals surface area contributed by atoms with Crippen LogP contribution in [-0.2, 0) is 4.79 Å². The summed E-state index contributed by atoms with van der Waals surface area (Å²) in [6.45, 7) is 5.10. The van der Waals surface area contributed by atoms with Crippen molar-refractivity contribution in [1.82, 2.24) is 14.8 Å². The summed E-state index contributed by atoms with van der Waals surface area (Å²) in [7, 11) is 1.55. The molecular formula is C19H28N4O3. The van der Waals surface area contributed by atoms with Crippen molar-refractivity contribution in [3.63, 3.8) is 0 Å². The van der Waals surface area contributed by atoms with Gasteiger partial charge in [0.25, 0.3) is 0 Å². The lowest BCUT2D eigenvalue weighted by atomic mass is 9.93. The van der Waals surface area contributed by atoms with Gasteiger partial charge >= 0.3 is 6.03 Å². The predicted octanol–water partition coefficient (Wildman–Crippen LogP) is 2.59. The Morgan fingerprint density at radius 2 is 1.92 bits per heavy atom. The fraction of sp³-hybridized carbons (Fsp3) is 0.632. The summed E-state index contributed by atoms with van der Waals surface area (Å²) in [5, 5.41) is 2.85. The number of nitrogens with zero attached hydrogens (tertiary/aromatic N) is 3. The molecule has 3 amide bonds. The quantitative estimate of drug-likeness (QED) is 0.899. The molecule has 1 atom stereocenters. The number of pyridine rings is 1. The van der Waals surface area contributed by atoms with Crippen molar-refractivity contribution >= 4 is 17.6 Å². The van der Waals surface area contributed by atoms with Crippen molar-refractivity contribution in [2.75, 3.05) is 38.6 Å². The van der Waals surface area contributed by atoms with Crippen molar-refractivity contribution in [1.29, 1.82) is 0 Å². The van der Waals surface area contributed by atoms with Crippen LogP contribution in [-0.4, -0.2) is 60.0 Å². The van der Waals surface area contributed by atoms with Gasteiger partial charge in [-0.15, -0.1) is 0 Å². The van der Waals surface area contributed by atoms with Crippen molar-refractivity contribution in [3.05, 3.63) is 18.3 Å². The topological polar surface area (TPSA) is 74.8 Å². The molecule has 2 fully saturated rings. The summed E-state index contributed by atoms with van der Waals surface area (Å²) < 4.78 is 5.02. The molecule has 0 unspecified atom stereocenters. The maximum Gasteiger partial charge on any atom is 0.321 e. The number of amides is 3. The van der Waals surface area contributed by atoms with Crippen LogP contribution in [0, 0.1) is 11.8 Å². The molecule has 2 aliphatic rings. The molecule has 0 aromatic carbocycles. The maximum absolute atomic E-state index is 12.8. The summed E-state index contributed by atoms with van der Waals surface area (Å²) in [4.78, 5) is 33.2. The van der Waals surface area contributed by atoms with Crippen LogP contribution in [0.15, 0.2) is 18.3 Å². The fourth-order valence-corrected chi connectivity index (χ4v) is 3.63. The van der Waals surface area contributed by atoms with E-state index in [0.717, 1.165) is 38.8 Å². The number of hydrogen-bond acceptors (Lipinski definition) is 4. The Hall–Kier alpha value is -2.31. The third-order valence-corrected chi connectivity index (χ3v) is 5.35. The molecule has 0 saturated carbocycles. The number of urea groups is 1. The third-order valence-electron chi connectivity index (χ3n) is 5.35. The van der Waals surface area contributed by atoms with Gasteiger partial charge < -0.3 is 19.9 Å². The van der Waals surface area contributed by atoms with Gasteiger partial charge in [-0.1, -0.05) is 6.92 Å². The van der Waals surface area contributed by atoms with Gasteiger partial charge in [0.2, 0.25) is 11.8 Å². The Balaban J connectivity index is 1.55. The third kappa shape index (κ3) is 4.45. The summed E-state index contributed by atoms with van der Waals surface area (Å²) in [5.41, 5.74) is 0.620. The number of methoxy groups -OCH3 is 1. The lowest BCUT2D eigenvalue weighted by Crippen LogP contribution is -2.49. The lowest BCUT2D eigenvalue weighted by molar-refractivity contribution is -0.138. The zero-order valence-electron chi connectivity index (χ0n) is 15.6. The van der Waals surface area contributed by atoms with Crippen LogP contribution in [0.1, 0.15) is 32.6 Å². The van der Waals surface area contributed by atoms with Gasteiger partial charge in [0.15, 0.2) is 0 Å². The van der Waals surface area contributed by atoms with Gasteiger partial charge in [0.1, 0.15) is 0 Å². The number of hydrogen-bond donors (Lipinski definition) is 1. The summed E-state index contributed by atoms with van der Waals surface area (Å²) in [6, 6.07) is 3.28. The molecule has 0 radical (unpaired) electrons. The molecule has 3 heterocycles. The van der Waals surface area contributed by atoms with Gasteiger partial charge in [0.05, 0.1) is 24.9 Å². The Kier molecular flexibility index (Phi) is 5.96. The molecule has 1 aromatic heterocycles. The summed E-state index contributed by atoms with van der Waals surface area (Å²) >= 11 is 0. The number of rotatable bonds is 3. The number of likely N-dealkylation sites (tertiary alicyclic amines) is 2. The first-order valence-electron chi connectivity index (χ1n) is 9.41. The first-order chi connectivity index (χ1) is 12.6. The van der Waals surface area contributed by atoms with E-state index < -0.39 is 0 Å². The van der Waals surface area contributed by atoms with Crippen LogP contribution in [0.25, 0.3) is 0 Å². The number of ether oxygens (including phenoxy) is 1. The molecular weight excluding hydrogens is 332 g/mol. The standard InChI is InChI=1S/C19H28N4O3/c1-14-7-10-22(11-8-14)18(24)15-4-3-9-23(13-15)19(25)21-16-5-6-17(26-2)20-12-16/h5-6,12,14-15H,3-4,7-11,13H2,1-2H3,(H,21,25)/t15-/m1/s1. The van der Waals surface area contributed by atoms with E-state index in [-0.39, 0.29) is 17.9 Å². The average molecular weight is 360 g/mol. The molecule has 3 rings (SSSR count). The van der Waals surface area contributed by atoms with Crippen LogP contribution >= 0.6 is 0 Å². The first kappa shape index (κ1) is 18.5. The van der Waals surface area contributed by atoms with Crippen molar-refractivity contribution in [3.8, 4) is 5.88 Å². The highest BCUT2D eigenvalue weighted by Crippen LogP contribution is 2.23. The molecule has 0 aliphatic carbocycles. The first-order valence-corrected chi connectivity index (χ1v) is 9.41. The van der Waals surface area contributed by atoms with Crippen LogP contribution in [0.2, 0.25) is 0 Å². The highest BCUT2D eigenvalue weighted by Gasteiger charge is 2.32. The second-order valence-corrected chi connectivity index (χ2v) is 7.31. The molecule has 142 valence electrons. The van der Waals surface area contributed by atoms with Crippen LogP contribution in [0.3, 0.4) is 0 Å². The Morgan fingerprint density at radius 3 is 2.58 bits per heavy atom. The molecule has 1 aromatic rings. The molecule has 0 bridgehead atoms. The van der Waals surface area contributed by atoms with Gasteiger partial charge in [-0.05, 0) is 37.7 Å². The number of nitrogens with one attached hydrogen (secondary N) is 1. The SMILES string of the molecule is COc1ccc(NC(=O)N2CCC[C@@H](C(=O)N3CCC(C)CC3)C2)cn1. The maximum atomic E-state index is 12.8. The van der Waals surface area contributed by atoms with E-state index >= 15 is 0 Å². The largest absolute Gasteiger partial charge is 0.481 e. The highest BCUT2D eigenvalue weighted by atomic mass is 16.5. The minimum absolute atomic E-state index is 0.0862. The van der Waals surface area contributed by atoms with Gasteiger partial charge in [-0.2, -0.15) is 0 Å². The molecule has 1 N–H and O–H groups in total. The number of carbonyl (C=O) groups is 2. The predicted molar refractivity (Wildman–Crippen MR) is 99.1 cm³/mol. The Labute approximate surface area is 154 Å². The van der Waals surface area contributed by atoms with E-state index in [1.165, 1.54) is 0 Å². The second kappa shape index (κ2) is 8.38. The summed E-state index contributed by atoms with van der Waals surface area (Å²) in [6.07, 6.45) is 5.44. The van der Waals surface area contributed by atoms with Crippen molar-refractivity contribution in [2.24, 2.45) is 11.8 Å². The minimum Gasteiger partial charge on any atom is -0.481 e. The average Bonchev–Trinajstić information content (AvgIpc) is 2.68. The Morgan fingerprint density at radius 1 is 1.15 bits per heavy atom. The molecule has 2 saturated heterocycles. The molecule has 7 nitrogen and oxygen atoms in total. The highest BCUT2D eigenvalue weighted by molar-refractivity contribution is 5.90. The number of piperidine rings is 2. The van der Waals surface area contributed by atoms with Crippen molar-refractivity contribution in [2.45, 2.75) is 32.6 Å². The van der Waals surface area contributed by atoms with Gasteiger partial charge in [-0.25, -0.2) is 9.78 Å². The molecule has 7 heteroatoms. The monoisotopic (exact) mass is 360 g/mol. The van der Waals surface area contributed by atoms with Crippen LogP contribution in [0.5, 0.6) is 5.88 Å². The van der Waals surface area contributed by atoms with E-state index in [2.05, 4.69) is 17.2 Å². The molecule has 26 heavy (non-hydrogen) atoms. The van der Waals surface area contributed by atoms with Gasteiger partial charge in [0, 0.05) is 32.2 Å². The van der Waals surface area contributed by atoms with Gasteiger partial charge in [-0.3, -0.25) is 4.79 Å². The molecule has 0 spiro atoms. The van der Waals surface area contributed by atoms with E-state index in [1.54, 1.807) is 30.3 Å². The van der Waals surface area contributed by atoms with Crippen LogP contribution < -0.4 is 10.1 Å². The van der Waals surface area contributed by atoms with E-state index in [4.69, 9.17) is 4.74 Å². The van der Waals surface area contributed by atoms with Crippen molar-refractivity contribution < 1.29 is 14.3 Å². The Bertz CT molecular complexity index is 626. The second-order valence-electron chi connectivity index (χ2n) is 7.31. The molecule has 2 aliphatic heterocycles. The fourth-order valence-electron chi connectivity index (χ4n) is 3.63. The zero-order chi connectivity index (χ0) is 18.5. The number of anilines is 1. The number of carbonyl (C=O) groups excluding carboxylic acids is 2. The lowest BCUT2D eigenvalue weighted by Gasteiger charge is -2.37. The zero-order valence-corrected chi connectivity index (χ0v) is 15.6. The minimum atomic E-state index is -0.179. The van der Waals surface area contributed by atoms with E-state index in [9.17, 15) is 9.59 Å². The normalized spacial score (nSPS) is 21.4. The van der Waals surface area contributed by atoms with E-state index in [1.807, 2.05) is 4.90 Å². The van der Waals surface area contributed by atoms with Crippen LogP contribution in [0.4, 0.5) is 10.5 Å². The smallest absolute Gasteiger partial charge is 0.321 e. The van der Waals surface area contributed by atoms with E-state index in [0.29, 0.717) is 30.6 Å².